The first-order valence-electron chi connectivity index (χ1n) is 12.8. The summed E-state index contributed by atoms with van der Waals surface area (Å²) in [5.41, 5.74) is 5.57. The SMILES string of the molecule is c1ccc2c(c1)n1c[n+]2CC2CCCCC(CCC2)C[n+]2cn(c3ccccc32)CCC1. The summed E-state index contributed by atoms with van der Waals surface area (Å²) in [6.07, 6.45) is 15.6. The van der Waals surface area contributed by atoms with Crippen LogP contribution >= 0.6 is 0 Å². The molecule has 0 spiro atoms. The van der Waals surface area contributed by atoms with E-state index >= 15 is 0 Å². The van der Waals surface area contributed by atoms with Gasteiger partial charge in [0.1, 0.15) is 0 Å². The monoisotopic (exact) mass is 428 g/mol. The molecule has 2 unspecified atom stereocenters. The fourth-order valence-corrected chi connectivity index (χ4v) is 6.32. The second kappa shape index (κ2) is 8.73. The van der Waals surface area contributed by atoms with Crippen LogP contribution in [0.5, 0.6) is 0 Å². The highest BCUT2D eigenvalue weighted by Crippen LogP contribution is 2.27. The number of fused-ring (bicyclic) bond motifs is 14. The van der Waals surface area contributed by atoms with Gasteiger partial charge in [-0.05, 0) is 61.8 Å². The summed E-state index contributed by atoms with van der Waals surface area (Å²) in [7, 11) is 0. The van der Waals surface area contributed by atoms with Gasteiger partial charge in [0.2, 0.25) is 12.7 Å². The minimum atomic E-state index is 0.806. The van der Waals surface area contributed by atoms with E-state index in [9.17, 15) is 0 Å². The quantitative estimate of drug-likeness (QED) is 0.340. The lowest BCUT2D eigenvalue weighted by atomic mass is 9.95. The summed E-state index contributed by atoms with van der Waals surface area (Å²) in [5.74, 6) is 1.61. The van der Waals surface area contributed by atoms with Crippen LogP contribution in [0.4, 0.5) is 0 Å². The molecule has 0 radical (unpaired) electrons. The van der Waals surface area contributed by atoms with E-state index in [-0.39, 0.29) is 0 Å². The largest absolute Gasteiger partial charge is 0.244 e. The molecule has 4 heteroatoms. The second-order valence-corrected chi connectivity index (χ2v) is 10.2. The maximum absolute atomic E-state index is 2.56. The fraction of sp³-hybridized carbons (Fsp3) is 0.500. The van der Waals surface area contributed by atoms with Gasteiger partial charge >= 0.3 is 0 Å². The van der Waals surface area contributed by atoms with Crippen LogP contribution in [-0.2, 0) is 26.2 Å². The van der Waals surface area contributed by atoms with E-state index in [1.165, 1.54) is 80.1 Å². The van der Waals surface area contributed by atoms with Crippen LogP contribution in [0, 0.1) is 11.8 Å². The van der Waals surface area contributed by atoms with Crippen LogP contribution < -0.4 is 9.13 Å². The van der Waals surface area contributed by atoms with Crippen molar-refractivity contribution in [2.75, 3.05) is 0 Å². The van der Waals surface area contributed by atoms with Crippen molar-refractivity contribution < 1.29 is 9.13 Å². The third-order valence-corrected chi connectivity index (χ3v) is 7.97. The molecule has 2 aromatic carbocycles. The molecule has 6 rings (SSSR count). The molecule has 4 nitrogen and oxygen atoms in total. The van der Waals surface area contributed by atoms with Crippen LogP contribution in [-0.4, -0.2) is 9.13 Å². The van der Waals surface area contributed by atoms with Crippen molar-refractivity contribution in [2.45, 2.75) is 77.5 Å². The molecule has 4 aromatic rings. The Bertz CT molecular complexity index is 1120. The van der Waals surface area contributed by atoms with Gasteiger partial charge in [-0.15, -0.1) is 0 Å². The van der Waals surface area contributed by atoms with Gasteiger partial charge < -0.3 is 0 Å². The van der Waals surface area contributed by atoms with Crippen molar-refractivity contribution in [2.24, 2.45) is 11.8 Å². The third kappa shape index (κ3) is 3.85. The highest BCUT2D eigenvalue weighted by atomic mass is 15.2. The molecule has 3 heterocycles. The molecule has 0 amide bonds. The summed E-state index contributed by atoms with van der Waals surface area (Å²) in [5, 5.41) is 0. The Kier molecular flexibility index (Phi) is 5.46. The second-order valence-electron chi connectivity index (χ2n) is 10.2. The van der Waals surface area contributed by atoms with Gasteiger partial charge in [0.05, 0.1) is 26.2 Å². The van der Waals surface area contributed by atoms with Crippen molar-refractivity contribution in [3.05, 3.63) is 61.2 Å². The minimum absolute atomic E-state index is 0.806. The zero-order chi connectivity index (χ0) is 21.3. The summed E-state index contributed by atoms with van der Waals surface area (Å²) < 4.78 is 10.1. The molecule has 166 valence electrons. The Balaban J connectivity index is 1.41. The van der Waals surface area contributed by atoms with Gasteiger partial charge in [-0.1, -0.05) is 43.5 Å². The van der Waals surface area contributed by atoms with Crippen molar-refractivity contribution in [3.8, 4) is 0 Å². The lowest BCUT2D eigenvalue weighted by molar-refractivity contribution is -0.679. The molecule has 2 aliphatic rings. The van der Waals surface area contributed by atoms with Gasteiger partial charge in [0.15, 0.2) is 22.1 Å². The highest BCUT2D eigenvalue weighted by Gasteiger charge is 2.24. The fourth-order valence-electron chi connectivity index (χ4n) is 6.32. The van der Waals surface area contributed by atoms with Gasteiger partial charge in [0, 0.05) is 6.42 Å². The maximum Gasteiger partial charge on any atom is 0.244 e. The number of hydrogen-bond donors (Lipinski definition) is 0. The predicted octanol–water partition coefficient (Wildman–Crippen LogP) is 5.25. The van der Waals surface area contributed by atoms with Crippen LogP contribution in [0.15, 0.2) is 61.2 Å². The number of benzene rings is 2. The van der Waals surface area contributed by atoms with E-state index in [1.807, 2.05) is 0 Å². The maximum atomic E-state index is 2.56. The van der Waals surface area contributed by atoms with Gasteiger partial charge in [-0.2, -0.15) is 0 Å². The Hall–Kier alpha value is -2.62. The predicted molar refractivity (Wildman–Crippen MR) is 128 cm³/mol. The summed E-state index contributed by atoms with van der Waals surface area (Å²) in [6, 6.07) is 18.0. The minimum Gasteiger partial charge on any atom is -0.230 e. The molecule has 32 heavy (non-hydrogen) atoms. The molecular weight excluding hydrogens is 392 g/mol. The number of nitrogens with zero attached hydrogens (tertiary/aromatic N) is 4. The third-order valence-electron chi connectivity index (χ3n) is 7.97. The Morgan fingerprint density at radius 1 is 0.562 bits per heavy atom. The lowest BCUT2D eigenvalue weighted by Gasteiger charge is -2.15. The molecule has 1 aliphatic heterocycles. The molecule has 2 aromatic heterocycles. The standard InChI is InChI=1S/C28H36N4/c1-2-10-24-12-7-11-23(9-1)19-31-21-29(25-13-3-5-15-27(25)31)17-8-18-30-22-32(20-24)28-16-6-4-14-26(28)30/h3-6,13-16,21-24H,1-2,7-12,17-20H2/q+2. The zero-order valence-electron chi connectivity index (χ0n) is 19.2. The van der Waals surface area contributed by atoms with E-state index < -0.39 is 0 Å². The number of rotatable bonds is 0. The number of para-hydroxylation sites is 4. The highest BCUT2D eigenvalue weighted by molar-refractivity contribution is 5.72. The van der Waals surface area contributed by atoms with Crippen molar-refractivity contribution >= 4 is 22.1 Å². The van der Waals surface area contributed by atoms with Crippen LogP contribution in [0.1, 0.15) is 51.4 Å². The summed E-state index contributed by atoms with van der Waals surface area (Å²) >= 11 is 0. The number of imidazole rings is 2. The average Bonchev–Trinajstić information content (AvgIpc) is 3.37. The molecular formula is C28H36N4+2. The van der Waals surface area contributed by atoms with E-state index in [0.717, 1.165) is 31.3 Å². The zero-order valence-corrected chi connectivity index (χ0v) is 19.2. The van der Waals surface area contributed by atoms with Crippen LogP contribution in [0.25, 0.3) is 22.1 Å². The Morgan fingerprint density at radius 3 is 1.56 bits per heavy atom. The van der Waals surface area contributed by atoms with Crippen LogP contribution in [0.3, 0.4) is 0 Å². The van der Waals surface area contributed by atoms with E-state index in [1.54, 1.807) is 0 Å². The summed E-state index contributed by atoms with van der Waals surface area (Å²) in [4.78, 5) is 0. The number of aromatic nitrogens is 4. The number of hydrogen-bond acceptors (Lipinski definition) is 0. The van der Waals surface area contributed by atoms with Crippen LogP contribution in [0.2, 0.25) is 0 Å². The Morgan fingerprint density at radius 2 is 1.03 bits per heavy atom. The molecule has 0 N–H and O–H groups in total. The van der Waals surface area contributed by atoms with Crippen molar-refractivity contribution in [3.63, 3.8) is 0 Å². The smallest absolute Gasteiger partial charge is 0.230 e. The topological polar surface area (TPSA) is 17.6 Å². The summed E-state index contributed by atoms with van der Waals surface area (Å²) in [6.45, 7) is 4.48. The average molecular weight is 429 g/mol. The first-order valence-corrected chi connectivity index (χ1v) is 12.8. The first-order chi connectivity index (χ1) is 15.8. The normalized spacial score (nSPS) is 22.8. The molecule has 1 aliphatic carbocycles. The van der Waals surface area contributed by atoms with Crippen molar-refractivity contribution in [1.29, 1.82) is 0 Å². The molecule has 1 saturated carbocycles. The van der Waals surface area contributed by atoms with Gasteiger partial charge in [-0.25, -0.2) is 18.3 Å². The molecule has 6 bridgehead atoms. The number of aryl methyl sites for hydroxylation is 2. The van der Waals surface area contributed by atoms with Gasteiger partial charge in [0.25, 0.3) is 0 Å². The lowest BCUT2D eigenvalue weighted by Crippen LogP contribution is -2.37. The molecule has 1 fully saturated rings. The van der Waals surface area contributed by atoms with E-state index in [2.05, 4.69) is 79.5 Å². The molecule has 0 saturated heterocycles. The van der Waals surface area contributed by atoms with E-state index in [0.29, 0.717) is 0 Å². The molecule has 2 atom stereocenters. The first kappa shape index (κ1) is 20.0. The van der Waals surface area contributed by atoms with Gasteiger partial charge in [-0.3, -0.25) is 0 Å². The van der Waals surface area contributed by atoms with Crippen molar-refractivity contribution in [1.82, 2.24) is 9.13 Å². The van der Waals surface area contributed by atoms with E-state index in [4.69, 9.17) is 0 Å². The Labute approximate surface area is 191 Å².